The second-order valence-electron chi connectivity index (χ2n) is 5.73. The highest BCUT2D eigenvalue weighted by Gasteiger charge is 2.16. The van der Waals surface area contributed by atoms with E-state index in [9.17, 15) is 0 Å². The number of nitrogens with zero attached hydrogens (tertiary/aromatic N) is 3. The van der Waals surface area contributed by atoms with Crippen molar-refractivity contribution in [1.82, 2.24) is 14.8 Å². The molecule has 0 fully saturated rings. The summed E-state index contributed by atoms with van der Waals surface area (Å²) in [5.41, 5.74) is 0.949. The highest BCUT2D eigenvalue weighted by molar-refractivity contribution is 6.31. The van der Waals surface area contributed by atoms with Crippen LogP contribution in [0.5, 0.6) is 0 Å². The second kappa shape index (κ2) is 9.23. The summed E-state index contributed by atoms with van der Waals surface area (Å²) in [4.78, 5) is 9.27. The van der Waals surface area contributed by atoms with E-state index in [0.717, 1.165) is 49.1 Å². The summed E-state index contributed by atoms with van der Waals surface area (Å²) < 4.78 is 0. The van der Waals surface area contributed by atoms with E-state index in [2.05, 4.69) is 55.0 Å². The fraction of sp³-hybridized carbons (Fsp3) is 0.688. The summed E-state index contributed by atoms with van der Waals surface area (Å²) in [5, 5.41) is 4.06. The molecule has 1 heterocycles. The summed E-state index contributed by atoms with van der Waals surface area (Å²) in [5.74, 6) is 0.910. The van der Waals surface area contributed by atoms with Crippen LogP contribution in [0.25, 0.3) is 0 Å². The Morgan fingerprint density at radius 1 is 1.29 bits per heavy atom. The van der Waals surface area contributed by atoms with Gasteiger partial charge in [-0.3, -0.25) is 4.90 Å². The highest BCUT2D eigenvalue weighted by Crippen LogP contribution is 2.19. The topological polar surface area (TPSA) is 31.4 Å². The van der Waals surface area contributed by atoms with E-state index in [1.807, 2.05) is 12.1 Å². The number of hydrogen-bond acceptors (Lipinski definition) is 4. The maximum atomic E-state index is 6.31. The van der Waals surface area contributed by atoms with E-state index in [0.29, 0.717) is 6.04 Å². The molecule has 0 spiro atoms. The molecule has 1 N–H and O–H groups in total. The van der Waals surface area contributed by atoms with Crippen LogP contribution in [0.3, 0.4) is 0 Å². The fourth-order valence-electron chi connectivity index (χ4n) is 2.36. The average Bonchev–Trinajstić information content (AvgIpc) is 2.44. The van der Waals surface area contributed by atoms with Gasteiger partial charge in [0.15, 0.2) is 0 Å². The zero-order chi connectivity index (χ0) is 15.8. The Morgan fingerprint density at radius 2 is 2.00 bits per heavy atom. The zero-order valence-electron chi connectivity index (χ0n) is 14.0. The number of rotatable bonds is 9. The van der Waals surface area contributed by atoms with Gasteiger partial charge < -0.3 is 10.2 Å². The van der Waals surface area contributed by atoms with Crippen LogP contribution in [0.15, 0.2) is 12.1 Å². The van der Waals surface area contributed by atoms with Crippen LogP contribution in [0.1, 0.15) is 32.9 Å². The van der Waals surface area contributed by atoms with Crippen molar-refractivity contribution in [3.05, 3.63) is 22.8 Å². The molecule has 120 valence electrons. The Morgan fingerprint density at radius 3 is 2.57 bits per heavy atom. The van der Waals surface area contributed by atoms with E-state index >= 15 is 0 Å². The van der Waals surface area contributed by atoms with Crippen LogP contribution in [0, 0.1) is 0 Å². The van der Waals surface area contributed by atoms with E-state index in [4.69, 9.17) is 11.6 Å². The van der Waals surface area contributed by atoms with E-state index in [1.165, 1.54) is 0 Å². The van der Waals surface area contributed by atoms with Crippen LogP contribution < -0.4 is 5.32 Å². The molecule has 0 radical (unpaired) electrons. The number of pyridine rings is 1. The minimum absolute atomic E-state index is 0.468. The Bertz CT molecular complexity index is 423. The first-order valence-corrected chi connectivity index (χ1v) is 8.13. The third-order valence-corrected chi connectivity index (χ3v) is 3.83. The SMILES string of the molecule is CCCNc1ccc(Cl)c(CN(CC)C(C)CN(C)C)n1. The van der Waals surface area contributed by atoms with Crippen LogP contribution in [-0.2, 0) is 6.54 Å². The highest BCUT2D eigenvalue weighted by atomic mass is 35.5. The minimum atomic E-state index is 0.468. The molecule has 1 rings (SSSR count). The summed E-state index contributed by atoms with van der Waals surface area (Å²) >= 11 is 6.31. The summed E-state index contributed by atoms with van der Waals surface area (Å²) in [6.45, 7) is 10.3. The number of anilines is 1. The molecule has 0 saturated carbocycles. The largest absolute Gasteiger partial charge is 0.370 e. The lowest BCUT2D eigenvalue weighted by Crippen LogP contribution is -2.39. The van der Waals surface area contributed by atoms with Crippen molar-refractivity contribution in [2.45, 2.75) is 39.8 Å². The molecule has 0 aliphatic carbocycles. The van der Waals surface area contributed by atoms with Crippen LogP contribution >= 0.6 is 11.6 Å². The van der Waals surface area contributed by atoms with E-state index in [-0.39, 0.29) is 0 Å². The van der Waals surface area contributed by atoms with Crippen LogP contribution in [0.4, 0.5) is 5.82 Å². The number of aromatic nitrogens is 1. The first-order chi connectivity index (χ1) is 9.97. The van der Waals surface area contributed by atoms with Gasteiger partial charge in [-0.1, -0.05) is 25.4 Å². The fourth-order valence-corrected chi connectivity index (χ4v) is 2.53. The standard InChI is InChI=1S/C16H29ClN4/c1-6-10-18-16-9-8-14(17)15(19-16)12-21(7-2)13(3)11-20(4)5/h8-9,13H,6-7,10-12H2,1-5H3,(H,18,19). The maximum absolute atomic E-state index is 6.31. The molecule has 0 bridgehead atoms. The quantitative estimate of drug-likeness (QED) is 0.758. The average molecular weight is 313 g/mol. The number of hydrogen-bond donors (Lipinski definition) is 1. The summed E-state index contributed by atoms with van der Waals surface area (Å²) in [6.07, 6.45) is 1.08. The van der Waals surface area contributed by atoms with Crippen molar-refractivity contribution in [2.24, 2.45) is 0 Å². The number of likely N-dealkylation sites (N-methyl/N-ethyl adjacent to an activating group) is 2. The van der Waals surface area contributed by atoms with Crippen molar-refractivity contribution >= 4 is 17.4 Å². The Labute approximate surface area is 134 Å². The molecule has 1 aromatic heterocycles. The summed E-state index contributed by atoms with van der Waals surface area (Å²) in [7, 11) is 4.20. The van der Waals surface area contributed by atoms with Gasteiger partial charge in [-0.15, -0.1) is 0 Å². The predicted octanol–water partition coefficient (Wildman–Crippen LogP) is 3.33. The molecule has 21 heavy (non-hydrogen) atoms. The normalized spacial score (nSPS) is 13.0. The minimum Gasteiger partial charge on any atom is -0.370 e. The van der Waals surface area contributed by atoms with Gasteiger partial charge in [0.2, 0.25) is 0 Å². The summed E-state index contributed by atoms with van der Waals surface area (Å²) in [6, 6.07) is 4.35. The third-order valence-electron chi connectivity index (χ3n) is 3.49. The maximum Gasteiger partial charge on any atom is 0.126 e. The molecular weight excluding hydrogens is 284 g/mol. The molecule has 0 aromatic carbocycles. The molecular formula is C16H29ClN4. The lowest BCUT2D eigenvalue weighted by molar-refractivity contribution is 0.172. The molecule has 0 aliphatic heterocycles. The Kier molecular flexibility index (Phi) is 8.01. The number of nitrogens with one attached hydrogen (secondary N) is 1. The molecule has 5 heteroatoms. The Hall–Kier alpha value is -0.840. The van der Waals surface area contributed by atoms with Crippen molar-refractivity contribution < 1.29 is 0 Å². The lowest BCUT2D eigenvalue weighted by atomic mass is 10.2. The molecule has 0 amide bonds. The van der Waals surface area contributed by atoms with Gasteiger partial charge in [0.1, 0.15) is 5.82 Å². The van der Waals surface area contributed by atoms with Gasteiger partial charge in [-0.05, 0) is 46.1 Å². The van der Waals surface area contributed by atoms with Gasteiger partial charge in [0.25, 0.3) is 0 Å². The third kappa shape index (κ3) is 6.20. The van der Waals surface area contributed by atoms with Gasteiger partial charge in [0.05, 0.1) is 10.7 Å². The van der Waals surface area contributed by atoms with Crippen LogP contribution in [0.2, 0.25) is 5.02 Å². The van der Waals surface area contributed by atoms with Gasteiger partial charge >= 0.3 is 0 Å². The van der Waals surface area contributed by atoms with Crippen LogP contribution in [-0.4, -0.2) is 54.6 Å². The predicted molar refractivity (Wildman–Crippen MR) is 92.1 cm³/mol. The number of halogens is 1. The first-order valence-electron chi connectivity index (χ1n) is 7.76. The monoisotopic (exact) mass is 312 g/mol. The molecule has 1 aromatic rings. The van der Waals surface area contributed by atoms with Crippen molar-refractivity contribution in [3.8, 4) is 0 Å². The smallest absolute Gasteiger partial charge is 0.126 e. The van der Waals surface area contributed by atoms with Crippen molar-refractivity contribution in [3.63, 3.8) is 0 Å². The van der Waals surface area contributed by atoms with Crippen molar-refractivity contribution in [1.29, 1.82) is 0 Å². The molecule has 0 aliphatic rings. The van der Waals surface area contributed by atoms with Gasteiger partial charge in [0, 0.05) is 25.7 Å². The molecule has 1 unspecified atom stereocenters. The Balaban J connectivity index is 2.78. The molecule has 1 atom stereocenters. The molecule has 4 nitrogen and oxygen atoms in total. The second-order valence-corrected chi connectivity index (χ2v) is 6.13. The van der Waals surface area contributed by atoms with Gasteiger partial charge in [-0.2, -0.15) is 0 Å². The van der Waals surface area contributed by atoms with E-state index in [1.54, 1.807) is 0 Å². The zero-order valence-corrected chi connectivity index (χ0v) is 14.7. The first kappa shape index (κ1) is 18.2. The van der Waals surface area contributed by atoms with Gasteiger partial charge in [-0.25, -0.2) is 4.98 Å². The van der Waals surface area contributed by atoms with E-state index < -0.39 is 0 Å². The molecule has 0 saturated heterocycles. The lowest BCUT2D eigenvalue weighted by Gasteiger charge is -2.30. The van der Waals surface area contributed by atoms with Crippen molar-refractivity contribution in [2.75, 3.05) is 39.0 Å².